The summed E-state index contributed by atoms with van der Waals surface area (Å²) < 4.78 is 0. The van der Waals surface area contributed by atoms with Gasteiger partial charge in [-0.1, -0.05) is 48.5 Å². The molecule has 0 aliphatic heterocycles. The van der Waals surface area contributed by atoms with Gasteiger partial charge in [0.25, 0.3) is 0 Å². The summed E-state index contributed by atoms with van der Waals surface area (Å²) in [5, 5.41) is 7.15. The molecule has 0 bridgehead atoms. The van der Waals surface area contributed by atoms with Crippen LogP contribution in [0.4, 0.5) is 5.95 Å². The number of aromatic amines is 2. The van der Waals surface area contributed by atoms with E-state index in [1.807, 2.05) is 24.3 Å². The van der Waals surface area contributed by atoms with E-state index in [9.17, 15) is 0 Å². The normalized spacial score (nSPS) is 11.5. The lowest BCUT2D eigenvalue weighted by Gasteiger charge is -2.03. The zero-order chi connectivity index (χ0) is 15.9. The Kier molecular flexibility index (Phi) is 2.82. The second-order valence-corrected chi connectivity index (χ2v) is 5.98. The van der Waals surface area contributed by atoms with Gasteiger partial charge in [-0.05, 0) is 23.1 Å². The van der Waals surface area contributed by atoms with Crippen molar-refractivity contribution in [3.05, 3.63) is 72.4 Å². The number of anilines is 1. The van der Waals surface area contributed by atoms with Crippen LogP contribution in [-0.4, -0.2) is 15.0 Å². The molecule has 4 nitrogen and oxygen atoms in total. The minimum atomic E-state index is 0.720. The lowest BCUT2D eigenvalue weighted by molar-refractivity contribution is 1.11. The Balaban J connectivity index is 1.49. The molecule has 0 saturated carbocycles. The first kappa shape index (κ1) is 13.2. The van der Waals surface area contributed by atoms with Gasteiger partial charge in [0.05, 0.1) is 16.6 Å². The largest absolute Gasteiger partial charge is 0.360 e. The van der Waals surface area contributed by atoms with Crippen molar-refractivity contribution < 1.29 is 0 Å². The SMILES string of the molecule is c1ccc2c(c1)ccc1c(CNc3nc4ccccc4[nH]3)c[nH]c12. The first-order valence-electron chi connectivity index (χ1n) is 8.05. The van der Waals surface area contributed by atoms with Crippen LogP contribution in [0.1, 0.15) is 5.56 Å². The molecule has 3 N–H and O–H groups in total. The highest BCUT2D eigenvalue weighted by Crippen LogP contribution is 2.27. The summed E-state index contributed by atoms with van der Waals surface area (Å²) in [7, 11) is 0. The first-order chi connectivity index (χ1) is 11.9. The molecule has 0 saturated heterocycles. The van der Waals surface area contributed by atoms with Crippen molar-refractivity contribution in [2.45, 2.75) is 6.54 Å². The lowest BCUT2D eigenvalue weighted by Crippen LogP contribution is -2.00. The van der Waals surface area contributed by atoms with E-state index in [0.717, 1.165) is 23.5 Å². The molecule has 0 spiro atoms. The fourth-order valence-electron chi connectivity index (χ4n) is 3.29. The number of nitrogens with zero attached hydrogens (tertiary/aromatic N) is 1. The van der Waals surface area contributed by atoms with Gasteiger partial charge in [-0.25, -0.2) is 4.98 Å². The number of imidazole rings is 1. The third-order valence-electron chi connectivity index (χ3n) is 4.50. The molecule has 0 fully saturated rings. The molecule has 0 amide bonds. The lowest BCUT2D eigenvalue weighted by atomic mass is 10.1. The van der Waals surface area contributed by atoms with Crippen LogP contribution >= 0.6 is 0 Å². The average molecular weight is 312 g/mol. The molecular formula is C20H16N4. The fraction of sp³-hybridized carbons (Fsp3) is 0.0500. The zero-order valence-electron chi connectivity index (χ0n) is 13.0. The Morgan fingerprint density at radius 1 is 0.875 bits per heavy atom. The van der Waals surface area contributed by atoms with Crippen molar-refractivity contribution in [2.24, 2.45) is 0 Å². The summed E-state index contributed by atoms with van der Waals surface area (Å²) in [6, 6.07) is 20.9. The van der Waals surface area contributed by atoms with Crippen LogP contribution in [0.25, 0.3) is 32.7 Å². The number of fused-ring (bicyclic) bond motifs is 4. The Hall–Kier alpha value is -3.27. The van der Waals surface area contributed by atoms with Gasteiger partial charge in [0.15, 0.2) is 0 Å². The predicted octanol–water partition coefficient (Wildman–Crippen LogP) is 4.81. The van der Waals surface area contributed by atoms with Gasteiger partial charge in [-0.3, -0.25) is 0 Å². The Labute approximate surface area is 138 Å². The summed E-state index contributed by atoms with van der Waals surface area (Å²) in [4.78, 5) is 11.3. The second kappa shape index (κ2) is 5.13. The molecule has 0 radical (unpaired) electrons. The maximum absolute atomic E-state index is 4.57. The van der Waals surface area contributed by atoms with Gasteiger partial charge < -0.3 is 15.3 Å². The van der Waals surface area contributed by atoms with Crippen LogP contribution in [0.2, 0.25) is 0 Å². The first-order valence-corrected chi connectivity index (χ1v) is 8.05. The summed E-state index contributed by atoms with van der Waals surface area (Å²) in [5.74, 6) is 0.798. The third kappa shape index (κ3) is 2.04. The van der Waals surface area contributed by atoms with Crippen molar-refractivity contribution in [1.29, 1.82) is 0 Å². The number of rotatable bonds is 3. The van der Waals surface area contributed by atoms with E-state index in [1.165, 1.54) is 27.2 Å². The Morgan fingerprint density at radius 3 is 2.71 bits per heavy atom. The van der Waals surface area contributed by atoms with E-state index < -0.39 is 0 Å². The highest BCUT2D eigenvalue weighted by atomic mass is 15.1. The van der Waals surface area contributed by atoms with Crippen LogP contribution in [0.3, 0.4) is 0 Å². The summed E-state index contributed by atoms with van der Waals surface area (Å²) in [5.41, 5.74) is 4.44. The van der Waals surface area contributed by atoms with Crippen molar-refractivity contribution in [3.63, 3.8) is 0 Å². The van der Waals surface area contributed by atoms with Crippen molar-refractivity contribution in [3.8, 4) is 0 Å². The summed E-state index contributed by atoms with van der Waals surface area (Å²) in [6.07, 6.45) is 2.08. The van der Waals surface area contributed by atoms with Crippen molar-refractivity contribution in [1.82, 2.24) is 15.0 Å². The van der Waals surface area contributed by atoms with Gasteiger partial charge in [0, 0.05) is 23.5 Å². The number of H-pyrrole nitrogens is 2. The highest BCUT2D eigenvalue weighted by molar-refractivity contribution is 6.06. The van der Waals surface area contributed by atoms with Crippen LogP contribution in [0, 0.1) is 0 Å². The molecule has 24 heavy (non-hydrogen) atoms. The van der Waals surface area contributed by atoms with Gasteiger partial charge in [-0.15, -0.1) is 0 Å². The fourth-order valence-corrected chi connectivity index (χ4v) is 3.29. The minimum Gasteiger partial charge on any atom is -0.360 e. The third-order valence-corrected chi connectivity index (χ3v) is 4.50. The van der Waals surface area contributed by atoms with Crippen LogP contribution < -0.4 is 5.32 Å². The number of hydrogen-bond acceptors (Lipinski definition) is 2. The Morgan fingerprint density at radius 2 is 1.75 bits per heavy atom. The Bertz CT molecular complexity index is 1130. The smallest absolute Gasteiger partial charge is 0.201 e. The number of nitrogens with one attached hydrogen (secondary N) is 3. The predicted molar refractivity (Wildman–Crippen MR) is 99.2 cm³/mol. The van der Waals surface area contributed by atoms with E-state index in [4.69, 9.17) is 0 Å². The number of benzene rings is 3. The molecule has 0 unspecified atom stereocenters. The molecule has 0 atom stereocenters. The molecule has 5 aromatic rings. The molecule has 4 heteroatoms. The molecule has 2 aromatic heterocycles. The second-order valence-electron chi connectivity index (χ2n) is 5.98. The quantitative estimate of drug-likeness (QED) is 0.448. The molecule has 5 rings (SSSR count). The summed E-state index contributed by atoms with van der Waals surface area (Å²) in [6.45, 7) is 0.720. The van der Waals surface area contributed by atoms with Crippen LogP contribution in [0.5, 0.6) is 0 Å². The average Bonchev–Trinajstić information content (AvgIpc) is 3.23. The van der Waals surface area contributed by atoms with Crippen molar-refractivity contribution >= 4 is 38.7 Å². The van der Waals surface area contributed by atoms with Crippen molar-refractivity contribution in [2.75, 3.05) is 5.32 Å². The van der Waals surface area contributed by atoms with Crippen LogP contribution in [0.15, 0.2) is 66.9 Å². The molecule has 3 aromatic carbocycles. The van der Waals surface area contributed by atoms with E-state index in [0.29, 0.717) is 0 Å². The highest BCUT2D eigenvalue weighted by Gasteiger charge is 2.08. The topological polar surface area (TPSA) is 56.5 Å². The number of para-hydroxylation sites is 2. The van der Waals surface area contributed by atoms with E-state index in [-0.39, 0.29) is 0 Å². The summed E-state index contributed by atoms with van der Waals surface area (Å²) >= 11 is 0. The number of hydrogen-bond donors (Lipinski definition) is 3. The van der Waals surface area contributed by atoms with E-state index in [2.05, 4.69) is 62.9 Å². The van der Waals surface area contributed by atoms with E-state index >= 15 is 0 Å². The molecular weight excluding hydrogens is 296 g/mol. The molecule has 0 aliphatic carbocycles. The monoisotopic (exact) mass is 312 g/mol. The molecule has 116 valence electrons. The van der Waals surface area contributed by atoms with E-state index in [1.54, 1.807) is 0 Å². The van der Waals surface area contributed by atoms with Gasteiger partial charge in [0.1, 0.15) is 0 Å². The minimum absolute atomic E-state index is 0.720. The molecule has 2 heterocycles. The van der Waals surface area contributed by atoms with Gasteiger partial charge in [-0.2, -0.15) is 0 Å². The standard InChI is InChI=1S/C20H16N4/c1-2-6-15-13(5-1)9-10-16-14(11-21-19(15)16)12-22-20-23-17-7-3-4-8-18(17)24-20/h1-11,21H,12H2,(H2,22,23,24). The van der Waals surface area contributed by atoms with Gasteiger partial charge in [0.2, 0.25) is 5.95 Å². The maximum atomic E-state index is 4.57. The van der Waals surface area contributed by atoms with Gasteiger partial charge >= 0.3 is 0 Å². The maximum Gasteiger partial charge on any atom is 0.201 e. The molecule has 0 aliphatic rings. The van der Waals surface area contributed by atoms with Crippen LogP contribution in [-0.2, 0) is 6.54 Å². The zero-order valence-corrected chi connectivity index (χ0v) is 13.0. The number of aromatic nitrogens is 3.